The molecule has 1 aliphatic heterocycles. The van der Waals surface area contributed by atoms with Crippen LogP contribution in [-0.2, 0) is 13.1 Å². The molecular weight excluding hydrogens is 338 g/mol. The normalized spacial score (nSPS) is 15.4. The maximum absolute atomic E-state index is 11.9. The fourth-order valence-electron chi connectivity index (χ4n) is 3.71. The average Bonchev–Trinajstić information content (AvgIpc) is 2.71. The average molecular weight is 363 g/mol. The van der Waals surface area contributed by atoms with Gasteiger partial charge in [0.15, 0.2) is 0 Å². The van der Waals surface area contributed by atoms with Crippen LogP contribution in [-0.4, -0.2) is 29.3 Å². The first-order chi connectivity index (χ1) is 13.2. The number of hydrogen-bond donors (Lipinski definition) is 3. The van der Waals surface area contributed by atoms with Gasteiger partial charge in [-0.15, -0.1) is 0 Å². The van der Waals surface area contributed by atoms with Gasteiger partial charge in [-0.25, -0.2) is 0 Å². The van der Waals surface area contributed by atoms with Crippen LogP contribution in [0.4, 0.5) is 5.69 Å². The Labute approximate surface area is 158 Å². The molecule has 2 aromatic carbocycles. The minimum absolute atomic E-state index is 0.0461. The van der Waals surface area contributed by atoms with Crippen LogP contribution in [0, 0.1) is 0 Å². The third-order valence-electron chi connectivity index (χ3n) is 5.31. The van der Waals surface area contributed by atoms with E-state index in [4.69, 9.17) is 0 Å². The van der Waals surface area contributed by atoms with Gasteiger partial charge in [0.25, 0.3) is 5.56 Å². The molecule has 1 saturated heterocycles. The highest BCUT2D eigenvalue weighted by molar-refractivity contribution is 5.84. The van der Waals surface area contributed by atoms with Crippen molar-refractivity contribution in [1.82, 2.24) is 10.3 Å². The number of fused-ring (bicyclic) bond motifs is 1. The zero-order chi connectivity index (χ0) is 18.6. The molecule has 140 valence electrons. The van der Waals surface area contributed by atoms with E-state index in [-0.39, 0.29) is 11.7 Å². The number of H-pyrrole nitrogens is 1. The molecule has 1 aliphatic rings. The van der Waals surface area contributed by atoms with Crippen molar-refractivity contribution in [1.29, 1.82) is 0 Å². The summed E-state index contributed by atoms with van der Waals surface area (Å²) in [4.78, 5) is 17.1. The van der Waals surface area contributed by atoms with Gasteiger partial charge in [-0.1, -0.05) is 30.3 Å². The van der Waals surface area contributed by atoms with Crippen molar-refractivity contribution in [2.24, 2.45) is 0 Å². The van der Waals surface area contributed by atoms with Crippen LogP contribution in [0.2, 0.25) is 0 Å². The molecular formula is C22H25N3O2. The highest BCUT2D eigenvalue weighted by Crippen LogP contribution is 2.20. The van der Waals surface area contributed by atoms with Gasteiger partial charge >= 0.3 is 0 Å². The van der Waals surface area contributed by atoms with E-state index in [2.05, 4.69) is 39.5 Å². The number of nitrogens with zero attached hydrogens (tertiary/aromatic N) is 1. The van der Waals surface area contributed by atoms with Crippen LogP contribution in [0.3, 0.4) is 0 Å². The summed E-state index contributed by atoms with van der Waals surface area (Å²) in [6.45, 7) is 3.30. The van der Waals surface area contributed by atoms with E-state index < -0.39 is 0 Å². The number of pyridine rings is 1. The van der Waals surface area contributed by atoms with Gasteiger partial charge in [-0.2, -0.15) is 0 Å². The molecule has 0 unspecified atom stereocenters. The summed E-state index contributed by atoms with van der Waals surface area (Å²) in [6.07, 6.45) is 3.34. The quantitative estimate of drug-likeness (QED) is 0.652. The van der Waals surface area contributed by atoms with Crippen molar-refractivity contribution in [2.75, 3.05) is 18.0 Å². The molecule has 3 N–H and O–H groups in total. The van der Waals surface area contributed by atoms with Crippen molar-refractivity contribution in [3.8, 4) is 0 Å². The van der Waals surface area contributed by atoms with Gasteiger partial charge in [0.1, 0.15) is 0 Å². The SMILES string of the molecule is O=c1[nH]cc(CNCc2ccc(N3CCC(O)CC3)cc2)c2ccccc12. The van der Waals surface area contributed by atoms with E-state index in [9.17, 15) is 9.90 Å². The summed E-state index contributed by atoms with van der Waals surface area (Å²) in [5.74, 6) is 0. The summed E-state index contributed by atoms with van der Waals surface area (Å²) in [5.41, 5.74) is 3.49. The molecule has 0 aliphatic carbocycles. The number of benzene rings is 2. The summed E-state index contributed by atoms with van der Waals surface area (Å²) in [6, 6.07) is 16.3. The number of hydrogen-bond acceptors (Lipinski definition) is 4. The number of aromatic nitrogens is 1. The van der Waals surface area contributed by atoms with E-state index in [0.29, 0.717) is 6.54 Å². The Morgan fingerprint density at radius 1 is 1.00 bits per heavy atom. The van der Waals surface area contributed by atoms with Crippen LogP contribution < -0.4 is 15.8 Å². The number of aliphatic hydroxyl groups is 1. The fourth-order valence-corrected chi connectivity index (χ4v) is 3.71. The zero-order valence-corrected chi connectivity index (χ0v) is 15.3. The number of aliphatic hydroxyl groups excluding tert-OH is 1. The Hall–Kier alpha value is -2.63. The summed E-state index contributed by atoms with van der Waals surface area (Å²) in [5, 5.41) is 14.8. The lowest BCUT2D eigenvalue weighted by atomic mass is 10.1. The Balaban J connectivity index is 1.37. The number of anilines is 1. The van der Waals surface area contributed by atoms with Crippen molar-refractivity contribution in [3.05, 3.63) is 76.2 Å². The van der Waals surface area contributed by atoms with Gasteiger partial charge in [-0.05, 0) is 47.6 Å². The standard InChI is InChI=1S/C22H25N3O2/c26-19-9-11-25(12-10-19)18-7-5-16(6-8-18)13-23-14-17-15-24-22(27)21-4-2-1-3-20(17)21/h1-8,15,19,23,26H,9-14H2,(H,24,27). The maximum atomic E-state index is 11.9. The summed E-state index contributed by atoms with van der Waals surface area (Å²) >= 11 is 0. The molecule has 27 heavy (non-hydrogen) atoms. The predicted molar refractivity (Wildman–Crippen MR) is 109 cm³/mol. The maximum Gasteiger partial charge on any atom is 0.255 e. The summed E-state index contributed by atoms with van der Waals surface area (Å²) < 4.78 is 0. The molecule has 3 aromatic rings. The largest absolute Gasteiger partial charge is 0.393 e. The van der Waals surface area contributed by atoms with E-state index >= 15 is 0 Å². The van der Waals surface area contributed by atoms with Crippen molar-refractivity contribution in [2.45, 2.75) is 32.0 Å². The van der Waals surface area contributed by atoms with Crippen LogP contribution >= 0.6 is 0 Å². The molecule has 5 heteroatoms. The van der Waals surface area contributed by atoms with Gasteiger partial charge in [0.2, 0.25) is 0 Å². The van der Waals surface area contributed by atoms with Crippen molar-refractivity contribution < 1.29 is 5.11 Å². The van der Waals surface area contributed by atoms with E-state index in [1.165, 1.54) is 11.3 Å². The topological polar surface area (TPSA) is 68.4 Å². The van der Waals surface area contributed by atoms with Gasteiger partial charge < -0.3 is 20.3 Å². The van der Waals surface area contributed by atoms with E-state index in [0.717, 1.165) is 48.8 Å². The first-order valence-corrected chi connectivity index (χ1v) is 9.53. The molecule has 0 atom stereocenters. The second-order valence-electron chi connectivity index (χ2n) is 7.18. The highest BCUT2D eigenvalue weighted by Gasteiger charge is 2.16. The smallest absolute Gasteiger partial charge is 0.255 e. The third-order valence-corrected chi connectivity index (χ3v) is 5.31. The molecule has 5 nitrogen and oxygen atoms in total. The minimum Gasteiger partial charge on any atom is -0.393 e. The van der Waals surface area contributed by atoms with Gasteiger partial charge in [0, 0.05) is 43.4 Å². The molecule has 0 saturated carbocycles. The lowest BCUT2D eigenvalue weighted by molar-refractivity contribution is 0.145. The molecule has 0 spiro atoms. The first kappa shape index (κ1) is 17.8. The van der Waals surface area contributed by atoms with Crippen LogP contribution in [0.25, 0.3) is 10.8 Å². The van der Waals surface area contributed by atoms with Crippen LogP contribution in [0.5, 0.6) is 0 Å². The van der Waals surface area contributed by atoms with Crippen molar-refractivity contribution >= 4 is 16.5 Å². The number of nitrogens with one attached hydrogen (secondary N) is 2. The van der Waals surface area contributed by atoms with Crippen molar-refractivity contribution in [3.63, 3.8) is 0 Å². The molecule has 2 heterocycles. The number of piperidine rings is 1. The zero-order valence-electron chi connectivity index (χ0n) is 15.3. The lowest BCUT2D eigenvalue weighted by Gasteiger charge is -2.31. The lowest BCUT2D eigenvalue weighted by Crippen LogP contribution is -2.35. The predicted octanol–water partition coefficient (Wildman–Crippen LogP) is 2.78. The Morgan fingerprint density at radius 2 is 1.70 bits per heavy atom. The molecule has 0 bridgehead atoms. The minimum atomic E-state index is -0.145. The Morgan fingerprint density at radius 3 is 2.44 bits per heavy atom. The molecule has 4 rings (SSSR count). The van der Waals surface area contributed by atoms with Crippen LogP contribution in [0.15, 0.2) is 59.5 Å². The second kappa shape index (κ2) is 7.94. The Bertz CT molecular complexity index is 957. The fraction of sp³-hybridized carbons (Fsp3) is 0.318. The molecule has 0 radical (unpaired) electrons. The summed E-state index contributed by atoms with van der Waals surface area (Å²) in [7, 11) is 0. The Kier molecular flexibility index (Phi) is 5.23. The molecule has 1 aromatic heterocycles. The second-order valence-corrected chi connectivity index (χ2v) is 7.18. The van der Waals surface area contributed by atoms with Gasteiger partial charge in [-0.3, -0.25) is 4.79 Å². The number of aromatic amines is 1. The van der Waals surface area contributed by atoms with Crippen LogP contribution in [0.1, 0.15) is 24.0 Å². The van der Waals surface area contributed by atoms with E-state index in [1.807, 2.05) is 24.3 Å². The van der Waals surface area contributed by atoms with Gasteiger partial charge in [0.05, 0.1) is 6.10 Å². The first-order valence-electron chi connectivity index (χ1n) is 9.53. The molecule has 0 amide bonds. The van der Waals surface area contributed by atoms with E-state index in [1.54, 1.807) is 6.20 Å². The third kappa shape index (κ3) is 4.04. The number of rotatable bonds is 5. The molecule has 1 fully saturated rings. The monoisotopic (exact) mass is 363 g/mol. The highest BCUT2D eigenvalue weighted by atomic mass is 16.3.